The smallest absolute Gasteiger partial charge is 0.291 e. The van der Waals surface area contributed by atoms with E-state index in [-0.39, 0.29) is 23.8 Å². The predicted molar refractivity (Wildman–Crippen MR) is 109 cm³/mol. The van der Waals surface area contributed by atoms with E-state index in [1.165, 1.54) is 4.90 Å². The number of benzene rings is 1. The van der Waals surface area contributed by atoms with Gasteiger partial charge in [0.25, 0.3) is 5.91 Å². The number of halogens is 1. The van der Waals surface area contributed by atoms with Gasteiger partial charge in [0.1, 0.15) is 17.9 Å². The van der Waals surface area contributed by atoms with Gasteiger partial charge in [0.15, 0.2) is 0 Å². The molecule has 1 aromatic rings. The van der Waals surface area contributed by atoms with E-state index < -0.39 is 22.9 Å². The number of para-hydroxylation sites is 1. The average molecular weight is 423 g/mol. The van der Waals surface area contributed by atoms with Gasteiger partial charge in [0.2, 0.25) is 17.4 Å². The van der Waals surface area contributed by atoms with Crippen molar-refractivity contribution >= 4 is 46.8 Å². The van der Waals surface area contributed by atoms with Gasteiger partial charge in [-0.25, -0.2) is 0 Å². The highest BCUT2D eigenvalue weighted by molar-refractivity contribution is 7.98. The molecule has 150 valence electrons. The van der Waals surface area contributed by atoms with Gasteiger partial charge >= 0.3 is 0 Å². The Morgan fingerprint density at radius 2 is 1.96 bits per heavy atom. The van der Waals surface area contributed by atoms with Crippen LogP contribution in [0.3, 0.4) is 0 Å². The number of nitrogens with two attached hydrogens (primary N) is 1. The van der Waals surface area contributed by atoms with E-state index in [9.17, 15) is 14.4 Å². The molecule has 0 bridgehead atoms. The van der Waals surface area contributed by atoms with Gasteiger partial charge in [-0.1, -0.05) is 17.7 Å². The summed E-state index contributed by atoms with van der Waals surface area (Å²) >= 11 is 8.03. The molecular formula is C20H25ClN3O3S+. The molecule has 0 aliphatic carbocycles. The van der Waals surface area contributed by atoms with Crippen molar-refractivity contribution < 1.29 is 19.7 Å². The van der Waals surface area contributed by atoms with Crippen LogP contribution < -0.4 is 10.6 Å². The normalized spacial score (nSPS) is 31.5. The van der Waals surface area contributed by atoms with E-state index in [1.807, 2.05) is 38.4 Å². The second-order valence-corrected chi connectivity index (χ2v) is 10.2. The topological polar surface area (TPSA) is 83.1 Å². The number of amides is 3. The summed E-state index contributed by atoms with van der Waals surface area (Å²) in [5, 5.41) is 5.30. The van der Waals surface area contributed by atoms with Crippen LogP contribution in [0.2, 0.25) is 5.02 Å². The molecule has 1 spiro atoms. The van der Waals surface area contributed by atoms with Crippen molar-refractivity contribution in [2.24, 2.45) is 11.8 Å². The van der Waals surface area contributed by atoms with E-state index in [2.05, 4.69) is 5.32 Å². The lowest BCUT2D eigenvalue weighted by molar-refractivity contribution is -0.733. The zero-order chi connectivity index (χ0) is 20.4. The Hall–Kier alpha value is -1.57. The SMILES string of the molecule is CSCC[C@@H]1[NH2+][C@@]2(C(=O)Nc3c(Cl)cccc32)[C@@H]2C(=O)N(C(C)(C)C)C(=O)[C@H]12. The van der Waals surface area contributed by atoms with Crippen molar-refractivity contribution in [1.29, 1.82) is 0 Å². The summed E-state index contributed by atoms with van der Waals surface area (Å²) in [6, 6.07) is 5.24. The van der Waals surface area contributed by atoms with Crippen molar-refractivity contribution in [3.63, 3.8) is 0 Å². The summed E-state index contributed by atoms with van der Waals surface area (Å²) in [6.45, 7) is 5.57. The number of hydrogen-bond donors (Lipinski definition) is 2. The molecule has 0 radical (unpaired) electrons. The molecule has 3 N–H and O–H groups in total. The Kier molecular flexibility index (Phi) is 4.56. The van der Waals surface area contributed by atoms with E-state index >= 15 is 0 Å². The molecule has 0 aromatic heterocycles. The lowest BCUT2D eigenvalue weighted by atomic mass is 9.76. The summed E-state index contributed by atoms with van der Waals surface area (Å²) in [4.78, 5) is 41.6. The first-order chi connectivity index (χ1) is 13.1. The highest BCUT2D eigenvalue weighted by Gasteiger charge is 2.74. The van der Waals surface area contributed by atoms with Gasteiger partial charge in [-0.05, 0) is 44.9 Å². The van der Waals surface area contributed by atoms with Gasteiger partial charge in [-0.15, -0.1) is 0 Å². The Morgan fingerprint density at radius 3 is 2.61 bits per heavy atom. The van der Waals surface area contributed by atoms with Gasteiger partial charge in [-0.2, -0.15) is 11.8 Å². The van der Waals surface area contributed by atoms with E-state index in [1.54, 1.807) is 23.9 Å². The molecule has 0 saturated carbocycles. The summed E-state index contributed by atoms with van der Waals surface area (Å²) in [7, 11) is 0. The third-order valence-electron chi connectivity index (χ3n) is 6.18. The minimum Gasteiger partial charge on any atom is -0.326 e. The van der Waals surface area contributed by atoms with E-state index in [0.717, 1.165) is 12.2 Å². The molecule has 4 rings (SSSR count). The van der Waals surface area contributed by atoms with Crippen LogP contribution in [0.1, 0.15) is 32.8 Å². The average Bonchev–Trinajstić information content (AvgIpc) is 3.19. The van der Waals surface area contributed by atoms with E-state index in [4.69, 9.17) is 11.6 Å². The highest BCUT2D eigenvalue weighted by atomic mass is 35.5. The molecule has 0 unspecified atom stereocenters. The fourth-order valence-corrected chi connectivity index (χ4v) is 5.86. The zero-order valence-electron chi connectivity index (χ0n) is 16.4. The summed E-state index contributed by atoms with van der Waals surface area (Å²) in [5.41, 5.74) is -0.496. The molecule has 6 nitrogen and oxygen atoms in total. The van der Waals surface area contributed by atoms with Crippen LogP contribution in [-0.2, 0) is 19.9 Å². The second kappa shape index (κ2) is 6.47. The first kappa shape index (κ1) is 19.7. The molecule has 3 aliphatic heterocycles. The lowest BCUT2D eigenvalue weighted by Gasteiger charge is -2.33. The van der Waals surface area contributed by atoms with Crippen LogP contribution in [0.15, 0.2) is 18.2 Å². The summed E-state index contributed by atoms with van der Waals surface area (Å²) < 4.78 is 0. The third-order valence-corrected chi connectivity index (χ3v) is 7.14. The van der Waals surface area contributed by atoms with Crippen molar-refractivity contribution in [3.8, 4) is 0 Å². The van der Waals surface area contributed by atoms with E-state index in [0.29, 0.717) is 16.3 Å². The number of carbonyl (C=O) groups is 3. The highest BCUT2D eigenvalue weighted by Crippen LogP contribution is 2.51. The minimum atomic E-state index is -1.14. The van der Waals surface area contributed by atoms with Crippen LogP contribution in [0.5, 0.6) is 0 Å². The van der Waals surface area contributed by atoms with Crippen LogP contribution in [0.25, 0.3) is 0 Å². The number of anilines is 1. The number of nitrogens with zero attached hydrogens (tertiary/aromatic N) is 1. The molecule has 2 saturated heterocycles. The monoisotopic (exact) mass is 422 g/mol. The van der Waals surface area contributed by atoms with Gasteiger partial charge in [0, 0.05) is 17.5 Å². The molecule has 8 heteroatoms. The Bertz CT molecular complexity index is 884. The maximum atomic E-state index is 13.5. The second-order valence-electron chi connectivity index (χ2n) is 8.78. The Labute approximate surface area is 173 Å². The fraction of sp³-hybridized carbons (Fsp3) is 0.550. The number of imide groups is 1. The number of carbonyl (C=O) groups excluding carboxylic acids is 3. The number of rotatable bonds is 3. The molecule has 2 fully saturated rings. The van der Waals surface area contributed by atoms with Gasteiger partial charge in [0.05, 0.1) is 10.7 Å². The lowest BCUT2D eigenvalue weighted by Crippen LogP contribution is -2.99. The minimum absolute atomic E-state index is 0.128. The van der Waals surface area contributed by atoms with Crippen molar-refractivity contribution in [2.75, 3.05) is 17.3 Å². The standard InChI is InChI=1S/C20H24ClN3O3S/c1-19(2,3)24-16(25)13-12(8-9-28-4)23-20(14(13)17(24)26)10-6-5-7-11(21)15(10)22-18(20)27/h5-7,12-14,23H,8-9H2,1-4H3,(H,22,27)/p+1/t12-,13+,14-,20+/m0/s1. The Morgan fingerprint density at radius 1 is 1.25 bits per heavy atom. The molecular weight excluding hydrogens is 398 g/mol. The van der Waals surface area contributed by atoms with Crippen molar-refractivity contribution in [2.45, 2.75) is 44.3 Å². The zero-order valence-corrected chi connectivity index (χ0v) is 18.0. The van der Waals surface area contributed by atoms with Crippen LogP contribution in [0.4, 0.5) is 5.69 Å². The fourth-order valence-electron chi connectivity index (χ4n) is 5.13. The number of quaternary nitrogens is 1. The quantitative estimate of drug-likeness (QED) is 0.724. The van der Waals surface area contributed by atoms with Crippen molar-refractivity contribution in [3.05, 3.63) is 28.8 Å². The third kappa shape index (κ3) is 2.49. The van der Waals surface area contributed by atoms with Crippen molar-refractivity contribution in [1.82, 2.24) is 4.90 Å². The van der Waals surface area contributed by atoms with Crippen LogP contribution in [-0.4, -0.2) is 46.2 Å². The first-order valence-corrected chi connectivity index (χ1v) is 11.2. The molecule has 3 heterocycles. The summed E-state index contributed by atoms with van der Waals surface area (Å²) in [5.74, 6) is -1.03. The molecule has 28 heavy (non-hydrogen) atoms. The molecule has 1 aromatic carbocycles. The van der Waals surface area contributed by atoms with Gasteiger partial charge in [-0.3, -0.25) is 19.3 Å². The molecule has 3 amide bonds. The number of likely N-dealkylation sites (tertiary alicyclic amines) is 1. The molecule has 4 atom stereocenters. The Balaban J connectivity index is 1.89. The van der Waals surface area contributed by atoms with Crippen LogP contribution >= 0.6 is 23.4 Å². The van der Waals surface area contributed by atoms with Crippen LogP contribution in [0, 0.1) is 11.8 Å². The largest absolute Gasteiger partial charge is 0.326 e. The first-order valence-electron chi connectivity index (χ1n) is 9.48. The van der Waals surface area contributed by atoms with Gasteiger partial charge < -0.3 is 10.6 Å². The summed E-state index contributed by atoms with van der Waals surface area (Å²) in [6.07, 6.45) is 2.77. The molecule has 3 aliphatic rings. The maximum Gasteiger partial charge on any atom is 0.291 e. The predicted octanol–water partition coefficient (Wildman–Crippen LogP) is 1.59. The number of hydrogen-bond acceptors (Lipinski definition) is 4. The number of thioether (sulfide) groups is 1. The number of fused-ring (bicyclic) bond motifs is 4. The number of nitrogens with one attached hydrogen (secondary N) is 1. The maximum absolute atomic E-state index is 13.5.